The molecule has 4 aliphatic carbocycles. The zero-order chi connectivity index (χ0) is 27.6. The lowest BCUT2D eigenvalue weighted by Crippen LogP contribution is -2.68. The molecule has 9 heteroatoms. The second kappa shape index (κ2) is 9.50. The van der Waals surface area contributed by atoms with Crippen LogP contribution in [0.2, 0.25) is 0 Å². The zero-order valence-electron chi connectivity index (χ0n) is 22.2. The van der Waals surface area contributed by atoms with Gasteiger partial charge in [-0.05, 0) is 99.0 Å². The molecule has 1 aromatic rings. The van der Waals surface area contributed by atoms with Gasteiger partial charge in [0.15, 0.2) is 0 Å². The largest absolute Gasteiger partial charge is 0.458 e. The van der Waals surface area contributed by atoms with Gasteiger partial charge in [-0.25, -0.2) is 10.2 Å². The summed E-state index contributed by atoms with van der Waals surface area (Å²) in [5.74, 6) is -0.675. The van der Waals surface area contributed by atoms with Gasteiger partial charge in [-0.15, -0.1) is 0 Å². The summed E-state index contributed by atoms with van der Waals surface area (Å²) in [7, 11) is 0. The SMILES string of the molecule is C[C@]12CC[C@H]3[C@@H](CC[C@@]4(O)C[C@H](O)CC[C@]34/C=N\NC(=O)c3ccc(Br)cc3)[C@]1(O)CC[C@@H]2C1=CC(=O)OC1. The van der Waals surface area contributed by atoms with E-state index in [1.165, 1.54) is 0 Å². The average Bonchev–Trinajstić information content (AvgIpc) is 3.44. The van der Waals surface area contributed by atoms with Gasteiger partial charge >= 0.3 is 5.97 Å². The van der Waals surface area contributed by atoms with Gasteiger partial charge in [0.25, 0.3) is 5.91 Å². The van der Waals surface area contributed by atoms with Crippen LogP contribution < -0.4 is 5.43 Å². The molecule has 5 aliphatic rings. The van der Waals surface area contributed by atoms with Crippen molar-refractivity contribution in [2.75, 3.05) is 6.61 Å². The van der Waals surface area contributed by atoms with Gasteiger partial charge in [0.1, 0.15) is 6.61 Å². The molecule has 4 saturated carbocycles. The van der Waals surface area contributed by atoms with Crippen LogP contribution in [-0.4, -0.2) is 57.3 Å². The molecule has 4 N–H and O–H groups in total. The van der Waals surface area contributed by atoms with E-state index >= 15 is 0 Å². The average molecular weight is 602 g/mol. The number of rotatable bonds is 4. The summed E-state index contributed by atoms with van der Waals surface area (Å²) in [4.78, 5) is 24.6. The number of aliphatic hydroxyl groups is 3. The molecular formula is C30H37BrN2O6. The summed E-state index contributed by atoms with van der Waals surface area (Å²) < 4.78 is 6.10. The van der Waals surface area contributed by atoms with E-state index in [0.29, 0.717) is 44.3 Å². The molecule has 1 aliphatic heterocycles. The number of hydrogen-bond acceptors (Lipinski definition) is 7. The fourth-order valence-electron chi connectivity index (χ4n) is 9.23. The molecule has 8 atom stereocenters. The highest BCUT2D eigenvalue weighted by atomic mass is 79.9. The van der Waals surface area contributed by atoms with E-state index in [9.17, 15) is 24.9 Å². The van der Waals surface area contributed by atoms with Crippen LogP contribution in [0.4, 0.5) is 0 Å². The molecule has 0 unspecified atom stereocenters. The summed E-state index contributed by atoms with van der Waals surface area (Å²) in [5.41, 5.74) is 0.820. The molecule has 8 nitrogen and oxygen atoms in total. The van der Waals surface area contributed by atoms with Gasteiger partial charge in [-0.2, -0.15) is 5.10 Å². The standard InChI is InChI=1S/C30H37BrN2O6/c1-27-10-7-23-24(30(27,38)13-9-22(27)19-14-25(35)39-16-19)8-12-29(37)15-21(34)6-11-28(23,29)17-32-33-26(36)18-2-4-20(31)5-3-18/h2-5,14,17,21-24,34,37-38H,6-13,15-16H2,1H3,(H,33,36)/b32-17-/t21-,22-,23+,24-,27-,28+,29-,30-/m1/s1. The fraction of sp³-hybridized carbons (Fsp3) is 0.633. The van der Waals surface area contributed by atoms with Gasteiger partial charge < -0.3 is 20.1 Å². The Bertz CT molecular complexity index is 1230. The quantitative estimate of drug-likeness (QED) is 0.236. The Labute approximate surface area is 237 Å². The highest BCUT2D eigenvalue weighted by Gasteiger charge is 2.71. The van der Waals surface area contributed by atoms with E-state index in [0.717, 1.165) is 29.3 Å². The molecule has 6 rings (SSSR count). The number of cyclic esters (lactones) is 1. The zero-order valence-corrected chi connectivity index (χ0v) is 23.8. The normalized spacial score (nSPS) is 43.3. The number of benzene rings is 1. The first-order valence-electron chi connectivity index (χ1n) is 14.1. The van der Waals surface area contributed by atoms with Gasteiger partial charge in [0, 0.05) is 39.6 Å². The molecule has 0 spiro atoms. The number of nitrogens with zero attached hydrogens (tertiary/aromatic N) is 1. The lowest BCUT2D eigenvalue weighted by molar-refractivity contribution is -0.237. The number of carbonyl (C=O) groups excluding carboxylic acids is 2. The number of ether oxygens (including phenoxy) is 1. The van der Waals surface area contributed by atoms with Crippen molar-refractivity contribution in [1.29, 1.82) is 0 Å². The summed E-state index contributed by atoms with van der Waals surface area (Å²) in [6.45, 7) is 2.46. The van der Waals surface area contributed by atoms with E-state index < -0.39 is 28.1 Å². The Morgan fingerprint density at radius 2 is 1.82 bits per heavy atom. The third-order valence-corrected chi connectivity index (χ3v) is 11.7. The first-order chi connectivity index (χ1) is 18.5. The third kappa shape index (κ3) is 4.06. The number of halogens is 1. The van der Waals surface area contributed by atoms with Crippen molar-refractivity contribution in [3.05, 3.63) is 46.0 Å². The summed E-state index contributed by atoms with van der Waals surface area (Å²) in [6.07, 6.45) is 8.14. The molecule has 4 fully saturated rings. The van der Waals surface area contributed by atoms with Crippen LogP contribution >= 0.6 is 15.9 Å². The lowest BCUT2D eigenvalue weighted by atomic mass is 9.41. The number of aliphatic hydroxyl groups excluding tert-OH is 1. The van der Waals surface area contributed by atoms with Crippen molar-refractivity contribution in [3.63, 3.8) is 0 Å². The number of nitrogens with one attached hydrogen (secondary N) is 1. The summed E-state index contributed by atoms with van der Waals surface area (Å²) in [6, 6.07) is 7.01. The summed E-state index contributed by atoms with van der Waals surface area (Å²) >= 11 is 3.38. The van der Waals surface area contributed by atoms with Gasteiger partial charge in [0.2, 0.25) is 0 Å². The Balaban J connectivity index is 1.32. The molecule has 1 aromatic carbocycles. The maximum Gasteiger partial charge on any atom is 0.331 e. The van der Waals surface area contributed by atoms with Crippen molar-refractivity contribution in [1.82, 2.24) is 5.43 Å². The predicted octanol–water partition coefficient (Wildman–Crippen LogP) is 3.88. The molecular weight excluding hydrogens is 564 g/mol. The van der Waals surface area contributed by atoms with Crippen LogP contribution in [-0.2, 0) is 9.53 Å². The van der Waals surface area contributed by atoms with Crippen LogP contribution in [0.3, 0.4) is 0 Å². The maximum atomic E-state index is 12.8. The highest BCUT2D eigenvalue weighted by molar-refractivity contribution is 9.10. The van der Waals surface area contributed by atoms with E-state index in [-0.39, 0.29) is 36.1 Å². The molecule has 0 bridgehead atoms. The minimum Gasteiger partial charge on any atom is -0.458 e. The Morgan fingerprint density at radius 3 is 2.54 bits per heavy atom. The minimum atomic E-state index is -1.17. The van der Waals surface area contributed by atoms with Crippen LogP contribution in [0.1, 0.15) is 75.1 Å². The smallest absolute Gasteiger partial charge is 0.331 e. The number of esters is 1. The maximum absolute atomic E-state index is 12.8. The van der Waals surface area contributed by atoms with Gasteiger partial charge in [-0.3, -0.25) is 4.79 Å². The molecule has 0 radical (unpaired) electrons. The van der Waals surface area contributed by atoms with Crippen molar-refractivity contribution >= 4 is 34.0 Å². The van der Waals surface area contributed by atoms with E-state index in [4.69, 9.17) is 4.74 Å². The number of amides is 1. The molecule has 0 aromatic heterocycles. The Hall–Kier alpha value is -2.07. The van der Waals surface area contributed by atoms with Crippen LogP contribution in [0.5, 0.6) is 0 Å². The molecule has 210 valence electrons. The first kappa shape index (κ1) is 27.1. The highest BCUT2D eigenvalue weighted by Crippen LogP contribution is 2.70. The number of hydrogen-bond donors (Lipinski definition) is 4. The van der Waals surface area contributed by atoms with E-state index in [1.807, 2.05) is 0 Å². The molecule has 1 heterocycles. The Kier molecular flexibility index (Phi) is 6.61. The Morgan fingerprint density at radius 1 is 1.08 bits per heavy atom. The monoisotopic (exact) mass is 600 g/mol. The second-order valence-electron chi connectivity index (χ2n) is 12.7. The third-order valence-electron chi connectivity index (χ3n) is 11.2. The molecule has 0 saturated heterocycles. The van der Waals surface area contributed by atoms with Gasteiger partial charge in [0.05, 0.1) is 17.3 Å². The minimum absolute atomic E-state index is 0.0515. The topological polar surface area (TPSA) is 128 Å². The molecule has 1 amide bonds. The number of fused-ring (bicyclic) bond motifs is 5. The van der Waals surface area contributed by atoms with Crippen LogP contribution in [0, 0.1) is 28.6 Å². The van der Waals surface area contributed by atoms with Crippen molar-refractivity contribution < 1.29 is 29.6 Å². The van der Waals surface area contributed by atoms with E-state index in [2.05, 4.69) is 33.4 Å². The van der Waals surface area contributed by atoms with Crippen molar-refractivity contribution in [3.8, 4) is 0 Å². The first-order valence-corrected chi connectivity index (χ1v) is 14.9. The predicted molar refractivity (Wildman–Crippen MR) is 148 cm³/mol. The lowest BCUT2D eigenvalue weighted by Gasteiger charge is -2.65. The van der Waals surface area contributed by atoms with Crippen LogP contribution in [0.15, 0.2) is 45.5 Å². The fourth-order valence-corrected chi connectivity index (χ4v) is 9.50. The van der Waals surface area contributed by atoms with Crippen molar-refractivity contribution in [2.24, 2.45) is 33.7 Å². The number of carbonyl (C=O) groups is 2. The molecule has 39 heavy (non-hydrogen) atoms. The van der Waals surface area contributed by atoms with Crippen LogP contribution in [0.25, 0.3) is 0 Å². The van der Waals surface area contributed by atoms with Crippen molar-refractivity contribution in [2.45, 2.75) is 82.0 Å². The van der Waals surface area contributed by atoms with E-state index in [1.54, 1.807) is 36.6 Å². The second-order valence-corrected chi connectivity index (χ2v) is 13.6. The number of hydrazone groups is 1. The van der Waals surface area contributed by atoms with Gasteiger partial charge in [-0.1, -0.05) is 22.9 Å². The summed E-state index contributed by atoms with van der Waals surface area (Å²) in [5, 5.41) is 39.6.